The minimum atomic E-state index is -4.28. The number of hydrogen-bond donors (Lipinski definition) is 2. The average molecular weight is 263 g/mol. The lowest BCUT2D eigenvalue weighted by molar-refractivity contribution is -0.144. The fourth-order valence-electron chi connectivity index (χ4n) is 1.61. The minimum Gasteiger partial charge on any atom is -0.356 e. The van der Waals surface area contributed by atoms with Crippen LogP contribution in [0.3, 0.4) is 0 Å². The van der Waals surface area contributed by atoms with Crippen molar-refractivity contribution in [2.45, 2.75) is 39.3 Å². The van der Waals surface area contributed by atoms with Crippen molar-refractivity contribution >= 4 is 5.91 Å². The third-order valence-electron chi connectivity index (χ3n) is 2.61. The summed E-state index contributed by atoms with van der Waals surface area (Å²) in [5.41, 5.74) is 2.75. The van der Waals surface area contributed by atoms with Crippen molar-refractivity contribution in [2.24, 2.45) is 0 Å². The lowest BCUT2D eigenvalue weighted by Gasteiger charge is -2.07. The molecule has 18 heavy (non-hydrogen) atoms. The van der Waals surface area contributed by atoms with Gasteiger partial charge in [0, 0.05) is 18.7 Å². The van der Waals surface area contributed by atoms with Crippen molar-refractivity contribution in [3.8, 4) is 0 Å². The van der Waals surface area contributed by atoms with Gasteiger partial charge < -0.3 is 5.32 Å². The first-order chi connectivity index (χ1) is 8.29. The molecule has 0 aliphatic heterocycles. The summed E-state index contributed by atoms with van der Waals surface area (Å²) in [6.07, 6.45) is -5.32. The van der Waals surface area contributed by atoms with E-state index in [1.807, 2.05) is 13.8 Å². The Hall–Kier alpha value is -1.53. The van der Waals surface area contributed by atoms with Gasteiger partial charge in [0.05, 0.1) is 12.1 Å². The Labute approximate surface area is 103 Å². The molecule has 0 saturated heterocycles. The third-order valence-corrected chi connectivity index (χ3v) is 2.61. The van der Waals surface area contributed by atoms with Crippen molar-refractivity contribution in [2.75, 3.05) is 6.54 Å². The molecule has 1 amide bonds. The van der Waals surface area contributed by atoms with Crippen LogP contribution in [0, 0.1) is 13.8 Å². The molecule has 2 N–H and O–H groups in total. The maximum absolute atomic E-state index is 11.9. The molecule has 1 rings (SSSR count). The summed E-state index contributed by atoms with van der Waals surface area (Å²) < 4.78 is 35.6. The van der Waals surface area contributed by atoms with Gasteiger partial charge in [-0.3, -0.25) is 9.89 Å². The van der Waals surface area contributed by atoms with Gasteiger partial charge in [-0.1, -0.05) is 0 Å². The van der Waals surface area contributed by atoms with Gasteiger partial charge in [0.25, 0.3) is 0 Å². The molecule has 7 heteroatoms. The average Bonchev–Trinajstić information content (AvgIpc) is 2.57. The molecule has 0 atom stereocenters. The van der Waals surface area contributed by atoms with Gasteiger partial charge in [0.1, 0.15) is 0 Å². The summed E-state index contributed by atoms with van der Waals surface area (Å²) in [5.74, 6) is -0.578. The topological polar surface area (TPSA) is 57.8 Å². The summed E-state index contributed by atoms with van der Waals surface area (Å²) >= 11 is 0. The van der Waals surface area contributed by atoms with Gasteiger partial charge in [-0.15, -0.1) is 0 Å². The third kappa shape index (κ3) is 4.77. The first-order valence-corrected chi connectivity index (χ1v) is 5.63. The molecule has 0 radical (unpaired) electrons. The summed E-state index contributed by atoms with van der Waals surface area (Å²) in [7, 11) is 0. The highest BCUT2D eigenvalue weighted by molar-refractivity contribution is 5.75. The van der Waals surface area contributed by atoms with Crippen molar-refractivity contribution in [3.05, 3.63) is 17.0 Å². The first-order valence-electron chi connectivity index (χ1n) is 5.63. The molecular weight excluding hydrogens is 247 g/mol. The number of rotatable bonds is 5. The van der Waals surface area contributed by atoms with Gasteiger partial charge in [-0.25, -0.2) is 0 Å². The normalized spacial score (nSPS) is 11.6. The molecule has 4 nitrogen and oxygen atoms in total. The van der Waals surface area contributed by atoms with E-state index in [2.05, 4.69) is 15.5 Å². The molecule has 0 fully saturated rings. The van der Waals surface area contributed by atoms with Gasteiger partial charge in [0.15, 0.2) is 0 Å². The van der Waals surface area contributed by atoms with Gasteiger partial charge in [-0.2, -0.15) is 18.3 Å². The number of H-pyrrole nitrogens is 1. The number of carbonyl (C=O) groups is 1. The Morgan fingerprint density at radius 3 is 2.56 bits per heavy atom. The Morgan fingerprint density at radius 2 is 2.06 bits per heavy atom. The minimum absolute atomic E-state index is 0.317. The second-order valence-corrected chi connectivity index (χ2v) is 4.13. The number of aromatic amines is 1. The molecule has 0 aliphatic carbocycles. The number of halogens is 3. The molecule has 0 aliphatic rings. The molecule has 102 valence electrons. The highest BCUT2D eigenvalue weighted by Crippen LogP contribution is 2.20. The molecule has 0 saturated carbocycles. The Balaban J connectivity index is 2.28. The summed E-state index contributed by atoms with van der Waals surface area (Å²) in [6.45, 7) is 4.02. The molecule has 0 aromatic carbocycles. The van der Waals surface area contributed by atoms with Gasteiger partial charge in [0.2, 0.25) is 5.91 Å². The van der Waals surface area contributed by atoms with Crippen molar-refractivity contribution in [3.63, 3.8) is 0 Å². The molecule has 1 heterocycles. The lowest BCUT2D eigenvalue weighted by atomic mass is 10.1. The van der Waals surface area contributed by atoms with E-state index in [-0.39, 0.29) is 0 Å². The second-order valence-electron chi connectivity index (χ2n) is 4.13. The number of alkyl halides is 3. The number of nitrogens with zero attached hydrogens (tertiary/aromatic N) is 1. The zero-order valence-corrected chi connectivity index (χ0v) is 10.3. The monoisotopic (exact) mass is 263 g/mol. The first kappa shape index (κ1) is 14.5. The van der Waals surface area contributed by atoms with Crippen LogP contribution in [0.25, 0.3) is 0 Å². The zero-order valence-electron chi connectivity index (χ0n) is 10.3. The smallest absolute Gasteiger partial charge is 0.356 e. The maximum Gasteiger partial charge on any atom is 0.389 e. The second kappa shape index (κ2) is 5.88. The fraction of sp³-hybridized carbons (Fsp3) is 0.636. The Morgan fingerprint density at radius 1 is 1.39 bits per heavy atom. The SMILES string of the molecule is Cc1n[nH]c(C)c1CCNC(=O)CCC(F)(F)F. The highest BCUT2D eigenvalue weighted by atomic mass is 19.4. The van der Waals surface area contributed by atoms with E-state index in [9.17, 15) is 18.0 Å². The van der Waals surface area contributed by atoms with Crippen LogP contribution in [0.1, 0.15) is 29.8 Å². The van der Waals surface area contributed by atoms with E-state index in [1.165, 1.54) is 0 Å². The van der Waals surface area contributed by atoms with Crippen LogP contribution < -0.4 is 5.32 Å². The molecule has 0 spiro atoms. The fourth-order valence-corrected chi connectivity index (χ4v) is 1.61. The Bertz CT molecular complexity index is 393. The van der Waals surface area contributed by atoms with Crippen LogP contribution >= 0.6 is 0 Å². The van der Waals surface area contributed by atoms with E-state index in [0.29, 0.717) is 13.0 Å². The van der Waals surface area contributed by atoms with E-state index >= 15 is 0 Å². The van der Waals surface area contributed by atoms with Crippen LogP contribution in [0.15, 0.2) is 0 Å². The van der Waals surface area contributed by atoms with Crippen LogP contribution in [0.5, 0.6) is 0 Å². The summed E-state index contributed by atoms with van der Waals surface area (Å²) in [4.78, 5) is 11.2. The number of aryl methyl sites for hydroxylation is 2. The van der Waals surface area contributed by atoms with Crippen molar-refractivity contribution < 1.29 is 18.0 Å². The summed E-state index contributed by atoms with van der Waals surface area (Å²) in [6, 6.07) is 0. The molecule has 1 aromatic heterocycles. The number of nitrogens with one attached hydrogen (secondary N) is 2. The molecule has 1 aromatic rings. The number of hydrogen-bond acceptors (Lipinski definition) is 2. The maximum atomic E-state index is 11.9. The quantitative estimate of drug-likeness (QED) is 0.854. The predicted molar refractivity (Wildman–Crippen MR) is 60.1 cm³/mol. The van der Waals surface area contributed by atoms with E-state index < -0.39 is 24.9 Å². The standard InChI is InChI=1S/C11H16F3N3O/c1-7-9(8(2)17-16-7)4-6-15-10(18)3-5-11(12,13)14/h3-6H2,1-2H3,(H,15,18)(H,16,17). The van der Waals surface area contributed by atoms with Crippen LogP contribution in [0.4, 0.5) is 13.2 Å². The summed E-state index contributed by atoms with van der Waals surface area (Å²) in [5, 5.41) is 9.27. The highest BCUT2D eigenvalue weighted by Gasteiger charge is 2.27. The predicted octanol–water partition coefficient (Wildman–Crippen LogP) is 2.03. The van der Waals surface area contributed by atoms with Crippen molar-refractivity contribution in [1.29, 1.82) is 0 Å². The van der Waals surface area contributed by atoms with Crippen molar-refractivity contribution in [1.82, 2.24) is 15.5 Å². The Kier molecular flexibility index (Phi) is 4.75. The van der Waals surface area contributed by atoms with Crippen LogP contribution in [-0.4, -0.2) is 28.8 Å². The molecular formula is C11H16F3N3O. The van der Waals surface area contributed by atoms with Crippen LogP contribution in [-0.2, 0) is 11.2 Å². The van der Waals surface area contributed by atoms with Crippen LogP contribution in [0.2, 0.25) is 0 Å². The van der Waals surface area contributed by atoms with Gasteiger partial charge >= 0.3 is 6.18 Å². The van der Waals surface area contributed by atoms with E-state index in [0.717, 1.165) is 17.0 Å². The number of amides is 1. The lowest BCUT2D eigenvalue weighted by Crippen LogP contribution is -2.27. The number of aromatic nitrogens is 2. The van der Waals surface area contributed by atoms with Gasteiger partial charge in [-0.05, 0) is 25.8 Å². The number of carbonyl (C=O) groups excluding carboxylic acids is 1. The van der Waals surface area contributed by atoms with E-state index in [1.54, 1.807) is 0 Å². The molecule has 0 unspecified atom stereocenters. The molecule has 0 bridgehead atoms. The zero-order chi connectivity index (χ0) is 13.8. The van der Waals surface area contributed by atoms with E-state index in [4.69, 9.17) is 0 Å². The largest absolute Gasteiger partial charge is 0.389 e.